The standard InChI is InChI=1S/C32H51N3O2/c1-9-31(37,10-2)19-18-26-16-17-27(22-25(26)8)32(11-3,12-4)28-23-29(35(15-7)24-28)30(36)33-20-21-34(13-5)14-6/h16-19,22-24,37H,9-15,20-21H2,1-8H3,(H,33,36)/b19-18+. The fourth-order valence-electron chi connectivity index (χ4n) is 5.31. The van der Waals surface area contributed by atoms with Gasteiger partial charge in [0.15, 0.2) is 0 Å². The summed E-state index contributed by atoms with van der Waals surface area (Å²) in [5.74, 6) is -0.00244. The Hall–Kier alpha value is -2.37. The first-order valence-corrected chi connectivity index (χ1v) is 14.4. The van der Waals surface area contributed by atoms with E-state index in [-0.39, 0.29) is 11.3 Å². The third-order valence-corrected chi connectivity index (χ3v) is 8.46. The topological polar surface area (TPSA) is 57.5 Å². The quantitative estimate of drug-likeness (QED) is 0.286. The summed E-state index contributed by atoms with van der Waals surface area (Å²) in [4.78, 5) is 15.5. The predicted molar refractivity (Wildman–Crippen MR) is 157 cm³/mol. The number of carbonyl (C=O) groups is 1. The second-order valence-corrected chi connectivity index (χ2v) is 10.2. The Morgan fingerprint density at radius 2 is 1.62 bits per heavy atom. The smallest absolute Gasteiger partial charge is 0.267 e. The second kappa shape index (κ2) is 14.0. The lowest BCUT2D eigenvalue weighted by Crippen LogP contribution is -2.35. The monoisotopic (exact) mass is 509 g/mol. The average molecular weight is 510 g/mol. The number of aromatic nitrogens is 1. The van der Waals surface area contributed by atoms with Crippen LogP contribution in [0.1, 0.15) is 107 Å². The maximum atomic E-state index is 13.2. The molecule has 5 heteroatoms. The van der Waals surface area contributed by atoms with Crippen LogP contribution in [0, 0.1) is 6.92 Å². The molecule has 0 atom stereocenters. The van der Waals surface area contributed by atoms with E-state index in [0.29, 0.717) is 19.4 Å². The molecule has 0 bridgehead atoms. The van der Waals surface area contributed by atoms with Crippen LogP contribution in [0.4, 0.5) is 0 Å². The highest BCUT2D eigenvalue weighted by Crippen LogP contribution is 2.40. The maximum absolute atomic E-state index is 13.2. The number of nitrogens with zero attached hydrogens (tertiary/aromatic N) is 2. The number of aryl methyl sites for hydroxylation is 2. The minimum atomic E-state index is -0.757. The van der Waals surface area contributed by atoms with Crippen LogP contribution in [0.25, 0.3) is 6.08 Å². The molecular formula is C32H51N3O2. The summed E-state index contributed by atoms with van der Waals surface area (Å²) in [6.45, 7) is 21.3. The molecule has 0 spiro atoms. The minimum absolute atomic E-state index is 0.00244. The van der Waals surface area contributed by atoms with Gasteiger partial charge in [0.1, 0.15) is 5.69 Å². The zero-order valence-corrected chi connectivity index (χ0v) is 24.7. The zero-order valence-electron chi connectivity index (χ0n) is 24.7. The van der Waals surface area contributed by atoms with Crippen LogP contribution >= 0.6 is 0 Å². The third-order valence-electron chi connectivity index (χ3n) is 8.46. The lowest BCUT2D eigenvalue weighted by Gasteiger charge is -2.32. The van der Waals surface area contributed by atoms with Gasteiger partial charge in [0, 0.05) is 31.2 Å². The molecule has 1 heterocycles. The Morgan fingerprint density at radius 1 is 0.973 bits per heavy atom. The van der Waals surface area contributed by atoms with E-state index in [2.05, 4.69) is 92.9 Å². The van der Waals surface area contributed by atoms with Gasteiger partial charge in [0.05, 0.1) is 5.60 Å². The molecule has 1 aromatic carbocycles. The van der Waals surface area contributed by atoms with E-state index in [0.717, 1.165) is 50.3 Å². The molecule has 2 rings (SSSR count). The van der Waals surface area contributed by atoms with Crippen molar-refractivity contribution in [3.8, 4) is 0 Å². The van der Waals surface area contributed by atoms with Crippen molar-refractivity contribution in [1.29, 1.82) is 0 Å². The highest BCUT2D eigenvalue weighted by atomic mass is 16.3. The normalized spacial score (nSPS) is 12.6. The summed E-state index contributed by atoms with van der Waals surface area (Å²) in [6, 6.07) is 8.79. The lowest BCUT2D eigenvalue weighted by molar-refractivity contribution is 0.0836. The molecule has 0 aliphatic carbocycles. The molecule has 0 unspecified atom stereocenters. The Labute approximate surface area is 226 Å². The Bertz CT molecular complexity index is 1020. The number of benzene rings is 1. The molecule has 206 valence electrons. The number of likely N-dealkylation sites (N-methyl/N-ethyl adjacent to an activating group) is 1. The van der Waals surface area contributed by atoms with E-state index in [1.807, 2.05) is 19.9 Å². The SMILES string of the molecule is CCN(CC)CCNC(=O)c1cc(C(CC)(CC)c2ccc(/C=C/C(O)(CC)CC)c(C)c2)cn1CC. The van der Waals surface area contributed by atoms with E-state index >= 15 is 0 Å². The molecule has 0 fully saturated rings. The van der Waals surface area contributed by atoms with E-state index in [1.165, 1.54) is 16.7 Å². The summed E-state index contributed by atoms with van der Waals surface area (Å²) >= 11 is 0. The number of nitrogens with one attached hydrogen (secondary N) is 1. The lowest BCUT2D eigenvalue weighted by atomic mass is 9.71. The Kier molecular flexibility index (Phi) is 11.6. The average Bonchev–Trinajstić information content (AvgIpc) is 3.36. The van der Waals surface area contributed by atoms with E-state index in [1.54, 1.807) is 0 Å². The highest BCUT2D eigenvalue weighted by molar-refractivity contribution is 5.93. The third kappa shape index (κ3) is 7.14. The first-order chi connectivity index (χ1) is 17.7. The van der Waals surface area contributed by atoms with Crippen LogP contribution < -0.4 is 5.32 Å². The summed E-state index contributed by atoms with van der Waals surface area (Å²) in [6.07, 6.45) is 9.46. The maximum Gasteiger partial charge on any atom is 0.267 e. The van der Waals surface area contributed by atoms with Gasteiger partial charge in [0.25, 0.3) is 5.91 Å². The zero-order chi connectivity index (χ0) is 27.6. The van der Waals surface area contributed by atoms with Gasteiger partial charge in [-0.3, -0.25) is 4.79 Å². The molecule has 2 aromatic rings. The van der Waals surface area contributed by atoms with Crippen molar-refractivity contribution in [3.63, 3.8) is 0 Å². The molecular weight excluding hydrogens is 458 g/mol. The van der Waals surface area contributed by atoms with Gasteiger partial charge in [-0.05, 0) is 80.9 Å². The number of amides is 1. The first kappa shape index (κ1) is 30.9. The van der Waals surface area contributed by atoms with Crippen LogP contribution in [0.15, 0.2) is 36.5 Å². The van der Waals surface area contributed by atoms with Crippen molar-refractivity contribution in [2.75, 3.05) is 26.2 Å². The number of hydrogen-bond donors (Lipinski definition) is 2. The van der Waals surface area contributed by atoms with Crippen molar-refractivity contribution in [2.24, 2.45) is 0 Å². The van der Waals surface area contributed by atoms with Crippen LogP contribution in [0.2, 0.25) is 0 Å². The van der Waals surface area contributed by atoms with E-state index < -0.39 is 5.60 Å². The van der Waals surface area contributed by atoms with E-state index in [9.17, 15) is 9.90 Å². The molecule has 0 saturated carbocycles. The van der Waals surface area contributed by atoms with Crippen LogP contribution in [0.5, 0.6) is 0 Å². The number of carbonyl (C=O) groups excluding carboxylic acids is 1. The Morgan fingerprint density at radius 3 is 2.14 bits per heavy atom. The highest BCUT2D eigenvalue weighted by Gasteiger charge is 2.33. The largest absolute Gasteiger partial charge is 0.386 e. The molecule has 5 nitrogen and oxygen atoms in total. The molecule has 1 aromatic heterocycles. The molecule has 1 amide bonds. The van der Waals surface area contributed by atoms with Gasteiger partial charge in [-0.2, -0.15) is 0 Å². The molecule has 37 heavy (non-hydrogen) atoms. The molecule has 0 radical (unpaired) electrons. The van der Waals surface area contributed by atoms with Gasteiger partial charge in [-0.25, -0.2) is 0 Å². The fourth-order valence-corrected chi connectivity index (χ4v) is 5.31. The summed E-state index contributed by atoms with van der Waals surface area (Å²) < 4.78 is 2.09. The van der Waals surface area contributed by atoms with Crippen LogP contribution in [0.3, 0.4) is 0 Å². The van der Waals surface area contributed by atoms with E-state index in [4.69, 9.17) is 0 Å². The molecule has 0 aliphatic heterocycles. The van der Waals surface area contributed by atoms with Gasteiger partial charge >= 0.3 is 0 Å². The first-order valence-electron chi connectivity index (χ1n) is 14.4. The van der Waals surface area contributed by atoms with Crippen molar-refractivity contribution in [1.82, 2.24) is 14.8 Å². The summed E-state index contributed by atoms with van der Waals surface area (Å²) in [7, 11) is 0. The Balaban J connectivity index is 2.39. The van der Waals surface area contributed by atoms with Crippen LogP contribution in [-0.4, -0.2) is 52.3 Å². The summed E-state index contributed by atoms with van der Waals surface area (Å²) in [5.41, 5.74) is 4.60. The number of hydrogen-bond acceptors (Lipinski definition) is 3. The minimum Gasteiger partial charge on any atom is -0.386 e. The van der Waals surface area contributed by atoms with Gasteiger partial charge in [0.2, 0.25) is 0 Å². The molecule has 0 saturated heterocycles. The van der Waals surface area contributed by atoms with Crippen molar-refractivity contribution in [3.05, 3.63) is 64.5 Å². The second-order valence-electron chi connectivity index (χ2n) is 10.2. The van der Waals surface area contributed by atoms with Gasteiger partial charge in [-0.15, -0.1) is 0 Å². The number of aliphatic hydroxyl groups is 1. The summed E-state index contributed by atoms with van der Waals surface area (Å²) in [5, 5.41) is 13.8. The predicted octanol–water partition coefficient (Wildman–Crippen LogP) is 6.56. The van der Waals surface area contributed by atoms with Gasteiger partial charge in [-0.1, -0.05) is 71.9 Å². The van der Waals surface area contributed by atoms with Gasteiger partial charge < -0.3 is 19.9 Å². The molecule has 2 N–H and O–H groups in total. The van der Waals surface area contributed by atoms with Crippen molar-refractivity contribution < 1.29 is 9.90 Å². The van der Waals surface area contributed by atoms with Crippen LogP contribution in [-0.2, 0) is 12.0 Å². The van der Waals surface area contributed by atoms with Crippen molar-refractivity contribution in [2.45, 2.75) is 98.6 Å². The fraction of sp³-hybridized carbons (Fsp3) is 0.594. The van der Waals surface area contributed by atoms with Crippen molar-refractivity contribution >= 4 is 12.0 Å². The number of rotatable bonds is 15. The molecule has 0 aliphatic rings.